The lowest BCUT2D eigenvalue weighted by atomic mass is 10.0. The number of benzene rings is 2. The Morgan fingerprint density at radius 3 is 2.60 bits per heavy atom. The Balaban J connectivity index is 1.89. The number of nitrogens with one attached hydrogen (secondary N) is 2. The fourth-order valence-corrected chi connectivity index (χ4v) is 4.23. The van der Waals surface area contributed by atoms with E-state index in [1.807, 2.05) is 0 Å². The maximum atomic E-state index is 14.7. The van der Waals surface area contributed by atoms with Crippen molar-refractivity contribution >= 4 is 27.7 Å². The van der Waals surface area contributed by atoms with Crippen molar-refractivity contribution in [1.29, 1.82) is 0 Å². The molecule has 0 spiro atoms. The molecule has 30 heavy (non-hydrogen) atoms. The molecule has 160 valence electrons. The van der Waals surface area contributed by atoms with Crippen LogP contribution in [-0.2, 0) is 15.0 Å². The van der Waals surface area contributed by atoms with Crippen LogP contribution in [0, 0.1) is 11.7 Å². The summed E-state index contributed by atoms with van der Waals surface area (Å²) in [6, 6.07) is 8.67. The highest BCUT2D eigenvalue weighted by atomic mass is 32.2. The van der Waals surface area contributed by atoms with Gasteiger partial charge in [0.1, 0.15) is 18.0 Å². The van der Waals surface area contributed by atoms with Crippen molar-refractivity contribution < 1.29 is 27.5 Å². The number of phenols is 1. The number of carbonyl (C=O) groups is 2. The van der Waals surface area contributed by atoms with Crippen molar-refractivity contribution in [2.45, 2.75) is 20.3 Å². The number of hydrogen-bond acceptors (Lipinski definition) is 5. The molecule has 0 bridgehead atoms. The van der Waals surface area contributed by atoms with Crippen molar-refractivity contribution in [2.24, 2.45) is 5.92 Å². The summed E-state index contributed by atoms with van der Waals surface area (Å²) in [7, 11) is -4.26. The summed E-state index contributed by atoms with van der Waals surface area (Å²) in [5.74, 6) is -2.31. The van der Waals surface area contributed by atoms with Crippen LogP contribution in [0.25, 0.3) is 11.1 Å². The summed E-state index contributed by atoms with van der Waals surface area (Å²) >= 11 is 0. The molecule has 0 radical (unpaired) electrons. The lowest BCUT2D eigenvalue weighted by Crippen LogP contribution is -2.30. The van der Waals surface area contributed by atoms with Gasteiger partial charge in [-0.15, -0.1) is 0 Å². The second-order valence-electron chi connectivity index (χ2n) is 7.38. The third-order valence-corrected chi connectivity index (χ3v) is 5.96. The van der Waals surface area contributed by atoms with Gasteiger partial charge in [0.2, 0.25) is 0 Å². The zero-order valence-corrected chi connectivity index (χ0v) is 17.3. The van der Waals surface area contributed by atoms with Gasteiger partial charge in [0, 0.05) is 12.1 Å². The highest BCUT2D eigenvalue weighted by Gasteiger charge is 2.37. The van der Waals surface area contributed by atoms with Crippen LogP contribution in [-0.4, -0.2) is 38.4 Å². The average molecular weight is 435 g/mol. The van der Waals surface area contributed by atoms with E-state index in [1.54, 1.807) is 29.0 Å². The van der Waals surface area contributed by atoms with E-state index in [0.717, 1.165) is 12.5 Å². The number of amides is 2. The van der Waals surface area contributed by atoms with E-state index in [2.05, 4.69) is 19.2 Å². The molecule has 2 aromatic carbocycles. The number of hydrogen-bond donors (Lipinski definition) is 3. The van der Waals surface area contributed by atoms with Crippen LogP contribution in [0.3, 0.4) is 0 Å². The molecule has 8 nitrogen and oxygen atoms in total. The van der Waals surface area contributed by atoms with E-state index >= 15 is 0 Å². The van der Waals surface area contributed by atoms with Crippen LogP contribution in [0.5, 0.6) is 5.75 Å². The maximum Gasteiger partial charge on any atom is 0.326 e. The van der Waals surface area contributed by atoms with Crippen LogP contribution in [0.2, 0.25) is 0 Å². The molecule has 0 saturated carbocycles. The van der Waals surface area contributed by atoms with Gasteiger partial charge in [-0.3, -0.25) is 9.59 Å². The molecule has 1 fully saturated rings. The van der Waals surface area contributed by atoms with Crippen LogP contribution >= 0.6 is 0 Å². The molecule has 3 N–H and O–H groups in total. The van der Waals surface area contributed by atoms with Gasteiger partial charge < -0.3 is 10.4 Å². The predicted molar refractivity (Wildman–Crippen MR) is 110 cm³/mol. The fraction of sp³-hybridized carbons (Fsp3) is 0.300. The van der Waals surface area contributed by atoms with Crippen LogP contribution < -0.4 is 14.3 Å². The van der Waals surface area contributed by atoms with Gasteiger partial charge in [0.05, 0.1) is 0 Å². The second-order valence-corrected chi connectivity index (χ2v) is 8.98. The lowest BCUT2D eigenvalue weighted by molar-refractivity contribution is -0.117. The van der Waals surface area contributed by atoms with Gasteiger partial charge in [-0.25, -0.2) is 13.4 Å². The molecule has 3 rings (SSSR count). The zero-order valence-electron chi connectivity index (χ0n) is 16.5. The standard InChI is InChI=1S/C20H22FN3O5S/c1-12(2)6-7-22-20(27)14-5-3-4-13(8-14)15-9-16(21)19(17(25)10-15)24-11-18(26)23-30(24,28)29/h3-5,8-10,12,25H,6-7,11H2,1-2H3,(H,22,27)(H,23,26). The largest absolute Gasteiger partial charge is 0.506 e. The van der Waals surface area contributed by atoms with E-state index in [0.29, 0.717) is 27.9 Å². The van der Waals surface area contributed by atoms with Crippen molar-refractivity contribution in [2.75, 3.05) is 17.4 Å². The summed E-state index contributed by atoms with van der Waals surface area (Å²) < 4.78 is 40.8. The molecule has 1 aliphatic heterocycles. The van der Waals surface area contributed by atoms with E-state index in [-0.39, 0.29) is 11.5 Å². The minimum Gasteiger partial charge on any atom is -0.506 e. The second kappa shape index (κ2) is 8.31. The van der Waals surface area contributed by atoms with Crippen molar-refractivity contribution in [3.63, 3.8) is 0 Å². The van der Waals surface area contributed by atoms with Gasteiger partial charge >= 0.3 is 10.2 Å². The molecule has 0 aromatic heterocycles. The first-order chi connectivity index (χ1) is 14.1. The summed E-state index contributed by atoms with van der Waals surface area (Å²) in [5, 5.41) is 13.1. The van der Waals surface area contributed by atoms with Gasteiger partial charge in [-0.2, -0.15) is 8.42 Å². The molecule has 10 heteroatoms. The molecule has 0 unspecified atom stereocenters. The Labute approximate surface area is 173 Å². The fourth-order valence-electron chi connectivity index (χ4n) is 3.06. The molecule has 0 atom stereocenters. The average Bonchev–Trinajstić information content (AvgIpc) is 2.92. The summed E-state index contributed by atoms with van der Waals surface area (Å²) in [6.45, 7) is 4.01. The Bertz CT molecular complexity index is 1080. The molecular formula is C20H22FN3O5S. The monoisotopic (exact) mass is 435 g/mol. The number of phenolic OH excluding ortho intramolecular Hbond substituents is 1. The summed E-state index contributed by atoms with van der Waals surface area (Å²) in [4.78, 5) is 23.7. The molecule has 1 saturated heterocycles. The normalized spacial score (nSPS) is 15.3. The Morgan fingerprint density at radius 2 is 2.00 bits per heavy atom. The minimum atomic E-state index is -4.26. The van der Waals surface area contributed by atoms with Crippen LogP contribution in [0.15, 0.2) is 36.4 Å². The smallest absolute Gasteiger partial charge is 0.326 e. The Morgan fingerprint density at radius 1 is 1.27 bits per heavy atom. The number of halogens is 1. The van der Waals surface area contributed by atoms with E-state index in [1.165, 1.54) is 6.07 Å². The molecular weight excluding hydrogens is 413 g/mol. The summed E-state index contributed by atoms with van der Waals surface area (Å²) in [6.07, 6.45) is 0.836. The van der Waals surface area contributed by atoms with Gasteiger partial charge in [0.15, 0.2) is 5.82 Å². The van der Waals surface area contributed by atoms with Crippen molar-refractivity contribution in [1.82, 2.24) is 10.0 Å². The van der Waals surface area contributed by atoms with Gasteiger partial charge in [-0.1, -0.05) is 26.0 Å². The number of rotatable bonds is 6. The number of anilines is 1. The molecule has 2 aromatic rings. The van der Waals surface area contributed by atoms with Crippen molar-refractivity contribution in [3.05, 3.63) is 47.8 Å². The highest BCUT2D eigenvalue weighted by molar-refractivity contribution is 7.92. The quantitative estimate of drug-likeness (QED) is 0.643. The van der Waals surface area contributed by atoms with Crippen LogP contribution in [0.4, 0.5) is 10.1 Å². The zero-order chi connectivity index (χ0) is 22.1. The number of nitrogens with zero attached hydrogens (tertiary/aromatic N) is 1. The maximum absolute atomic E-state index is 14.7. The first-order valence-corrected chi connectivity index (χ1v) is 10.8. The SMILES string of the molecule is CC(C)CCNC(=O)c1cccc(-c2cc(O)c(N3CC(=O)NS3(=O)=O)c(F)c2)c1. The molecule has 1 heterocycles. The van der Waals surface area contributed by atoms with E-state index < -0.39 is 39.9 Å². The van der Waals surface area contributed by atoms with Crippen molar-refractivity contribution in [3.8, 4) is 16.9 Å². The highest BCUT2D eigenvalue weighted by Crippen LogP contribution is 2.37. The van der Waals surface area contributed by atoms with E-state index in [9.17, 15) is 27.5 Å². The lowest BCUT2D eigenvalue weighted by Gasteiger charge is -2.18. The number of aromatic hydroxyl groups is 1. The Kier molecular flexibility index (Phi) is 5.97. The first-order valence-electron chi connectivity index (χ1n) is 9.33. The molecule has 1 aliphatic rings. The first kappa shape index (κ1) is 21.6. The predicted octanol–water partition coefficient (Wildman–Crippen LogP) is 2.16. The minimum absolute atomic E-state index is 0.251. The third-order valence-electron chi connectivity index (χ3n) is 4.58. The third kappa shape index (κ3) is 4.54. The van der Waals surface area contributed by atoms with Gasteiger partial charge in [0.25, 0.3) is 11.8 Å². The topological polar surface area (TPSA) is 116 Å². The van der Waals surface area contributed by atoms with E-state index in [4.69, 9.17) is 0 Å². The molecule has 0 aliphatic carbocycles. The summed E-state index contributed by atoms with van der Waals surface area (Å²) in [5.41, 5.74) is 0.476. The Hall–Kier alpha value is -3.14. The number of carbonyl (C=O) groups excluding carboxylic acids is 2. The molecule has 2 amide bonds. The van der Waals surface area contributed by atoms with Gasteiger partial charge in [-0.05, 0) is 47.7 Å². The van der Waals surface area contributed by atoms with Crippen LogP contribution in [0.1, 0.15) is 30.6 Å².